The number of sulfonamides is 1. The van der Waals surface area contributed by atoms with E-state index in [2.05, 4.69) is 4.90 Å². The van der Waals surface area contributed by atoms with Crippen LogP contribution in [0.5, 0.6) is 5.75 Å². The van der Waals surface area contributed by atoms with Gasteiger partial charge in [0.25, 0.3) is 5.91 Å². The molecule has 2 aromatic rings. The fourth-order valence-electron chi connectivity index (χ4n) is 3.24. The maximum Gasteiger partial charge on any atom is 0.256 e. The van der Waals surface area contributed by atoms with Crippen molar-refractivity contribution < 1.29 is 17.9 Å². The quantitative estimate of drug-likeness (QED) is 0.764. The molecule has 0 aliphatic carbocycles. The number of hydrogen-bond donors (Lipinski definition) is 0. The first-order valence-corrected chi connectivity index (χ1v) is 10.9. The molecule has 0 unspecified atom stereocenters. The number of rotatable bonds is 5. The molecule has 1 heterocycles. The van der Waals surface area contributed by atoms with Crippen molar-refractivity contribution in [1.82, 2.24) is 4.90 Å². The molecule has 1 saturated heterocycles. The second kappa shape index (κ2) is 8.10. The van der Waals surface area contributed by atoms with Crippen molar-refractivity contribution in [3.63, 3.8) is 0 Å². The summed E-state index contributed by atoms with van der Waals surface area (Å²) in [5.74, 6) is 0.657. The van der Waals surface area contributed by atoms with Gasteiger partial charge in [-0.25, -0.2) is 8.42 Å². The minimum atomic E-state index is -3.45. The van der Waals surface area contributed by atoms with Crippen molar-refractivity contribution in [2.75, 3.05) is 55.8 Å². The molecule has 1 aliphatic rings. The zero-order valence-electron chi connectivity index (χ0n) is 16.3. The number of carbonyl (C=O) groups is 1. The van der Waals surface area contributed by atoms with Crippen molar-refractivity contribution in [1.29, 1.82) is 0 Å². The van der Waals surface area contributed by atoms with E-state index in [1.165, 1.54) is 7.05 Å². The third-order valence-corrected chi connectivity index (χ3v) is 6.17. The van der Waals surface area contributed by atoms with Gasteiger partial charge in [-0.05, 0) is 36.4 Å². The van der Waals surface area contributed by atoms with Crippen LogP contribution in [0, 0.1) is 0 Å². The van der Waals surface area contributed by atoms with Gasteiger partial charge in [0.1, 0.15) is 5.75 Å². The summed E-state index contributed by atoms with van der Waals surface area (Å²) in [5, 5.41) is 0. The number of ether oxygens (including phenoxy) is 1. The van der Waals surface area contributed by atoms with E-state index in [0.717, 1.165) is 22.0 Å². The Balaban J connectivity index is 1.72. The number of hydrogen-bond acceptors (Lipinski definition) is 5. The van der Waals surface area contributed by atoms with Gasteiger partial charge in [-0.2, -0.15) is 0 Å². The van der Waals surface area contributed by atoms with Crippen LogP contribution in [0.2, 0.25) is 0 Å². The number of piperazine rings is 1. The first-order chi connectivity index (χ1) is 13.3. The Morgan fingerprint density at radius 1 is 1.00 bits per heavy atom. The molecule has 0 radical (unpaired) electrons. The third-order valence-electron chi connectivity index (χ3n) is 4.98. The molecule has 0 aromatic heterocycles. The monoisotopic (exact) mass is 403 g/mol. The third kappa shape index (κ3) is 4.22. The number of carbonyl (C=O) groups excluding carboxylic acids is 1. The van der Waals surface area contributed by atoms with E-state index in [-0.39, 0.29) is 5.91 Å². The van der Waals surface area contributed by atoms with Crippen LogP contribution < -0.4 is 13.9 Å². The predicted octanol–water partition coefficient (Wildman–Crippen LogP) is 2.05. The van der Waals surface area contributed by atoms with Gasteiger partial charge in [0.2, 0.25) is 10.0 Å². The second-order valence-electron chi connectivity index (χ2n) is 6.72. The largest absolute Gasteiger partial charge is 0.497 e. The van der Waals surface area contributed by atoms with Crippen LogP contribution in [0.25, 0.3) is 0 Å². The van der Waals surface area contributed by atoms with E-state index < -0.39 is 10.0 Å². The maximum absolute atomic E-state index is 13.0. The van der Waals surface area contributed by atoms with Gasteiger partial charge in [0, 0.05) is 38.9 Å². The van der Waals surface area contributed by atoms with Crippen LogP contribution in [0.15, 0.2) is 48.5 Å². The Kier molecular flexibility index (Phi) is 5.79. The summed E-state index contributed by atoms with van der Waals surface area (Å²) in [5.41, 5.74) is 1.88. The smallest absolute Gasteiger partial charge is 0.256 e. The summed E-state index contributed by atoms with van der Waals surface area (Å²) >= 11 is 0. The molecule has 1 amide bonds. The lowest BCUT2D eigenvalue weighted by Gasteiger charge is -2.36. The number of amides is 1. The molecule has 1 aliphatic heterocycles. The molecule has 8 heteroatoms. The molecule has 0 spiro atoms. The summed E-state index contributed by atoms with van der Waals surface area (Å²) < 4.78 is 30.2. The van der Waals surface area contributed by atoms with Crippen LogP contribution in [-0.2, 0) is 10.0 Å². The average Bonchev–Trinajstić information content (AvgIpc) is 2.72. The minimum absolute atomic E-state index is 0.152. The van der Waals surface area contributed by atoms with E-state index in [1.54, 1.807) is 36.3 Å². The highest BCUT2D eigenvalue weighted by Crippen LogP contribution is 2.25. The van der Waals surface area contributed by atoms with Crippen molar-refractivity contribution in [3.05, 3.63) is 54.1 Å². The van der Waals surface area contributed by atoms with Gasteiger partial charge in [0.15, 0.2) is 0 Å². The van der Waals surface area contributed by atoms with Gasteiger partial charge in [-0.3, -0.25) is 9.10 Å². The normalized spacial score (nSPS) is 14.7. The Morgan fingerprint density at radius 3 is 2.18 bits per heavy atom. The number of benzene rings is 2. The van der Waals surface area contributed by atoms with Crippen molar-refractivity contribution in [2.24, 2.45) is 0 Å². The standard InChI is InChI=1S/C20H25N3O4S/c1-21(28(3,25)26)19-7-5-4-6-18(19)20(24)23-14-12-22(13-15-23)16-8-10-17(27-2)11-9-16/h4-11H,12-15H2,1-3H3. The molecule has 0 atom stereocenters. The lowest BCUT2D eigenvalue weighted by atomic mass is 10.1. The highest BCUT2D eigenvalue weighted by Gasteiger charge is 2.26. The molecule has 150 valence electrons. The number of nitrogens with zero attached hydrogens (tertiary/aromatic N) is 3. The molecular weight excluding hydrogens is 378 g/mol. The zero-order chi connectivity index (χ0) is 20.3. The average molecular weight is 404 g/mol. The van der Waals surface area contributed by atoms with Crippen LogP contribution in [0.4, 0.5) is 11.4 Å². The molecular formula is C20H25N3O4S. The summed E-state index contributed by atoms with van der Waals surface area (Å²) in [6, 6.07) is 14.7. The fraction of sp³-hybridized carbons (Fsp3) is 0.350. The maximum atomic E-state index is 13.0. The summed E-state index contributed by atoms with van der Waals surface area (Å²) in [7, 11) is -0.350. The lowest BCUT2D eigenvalue weighted by Crippen LogP contribution is -2.49. The van der Waals surface area contributed by atoms with Crippen molar-refractivity contribution in [2.45, 2.75) is 0 Å². The first kappa shape index (κ1) is 20.0. The Bertz CT molecular complexity index is 936. The summed E-state index contributed by atoms with van der Waals surface area (Å²) in [4.78, 5) is 17.0. The predicted molar refractivity (Wildman–Crippen MR) is 111 cm³/mol. The van der Waals surface area contributed by atoms with Crippen LogP contribution in [0.3, 0.4) is 0 Å². The Labute approximate surface area is 166 Å². The highest BCUT2D eigenvalue weighted by molar-refractivity contribution is 7.92. The van der Waals surface area contributed by atoms with Gasteiger partial charge >= 0.3 is 0 Å². The molecule has 28 heavy (non-hydrogen) atoms. The zero-order valence-corrected chi connectivity index (χ0v) is 17.1. The Morgan fingerprint density at radius 2 is 1.61 bits per heavy atom. The van der Waals surface area contributed by atoms with Crippen LogP contribution in [-0.4, -0.2) is 65.8 Å². The molecule has 0 bridgehead atoms. The van der Waals surface area contributed by atoms with E-state index in [1.807, 2.05) is 24.3 Å². The van der Waals surface area contributed by atoms with Gasteiger partial charge < -0.3 is 14.5 Å². The van der Waals surface area contributed by atoms with Gasteiger partial charge in [0.05, 0.1) is 24.6 Å². The number of para-hydroxylation sites is 1. The molecule has 7 nitrogen and oxygen atoms in total. The second-order valence-corrected chi connectivity index (χ2v) is 8.74. The molecule has 3 rings (SSSR count). The molecule has 0 saturated carbocycles. The Hall–Kier alpha value is -2.74. The number of anilines is 2. The molecule has 1 fully saturated rings. The van der Waals surface area contributed by atoms with Crippen molar-refractivity contribution in [3.8, 4) is 5.75 Å². The highest BCUT2D eigenvalue weighted by atomic mass is 32.2. The van der Waals surface area contributed by atoms with Gasteiger partial charge in [-0.1, -0.05) is 12.1 Å². The van der Waals surface area contributed by atoms with E-state index in [9.17, 15) is 13.2 Å². The van der Waals surface area contributed by atoms with Crippen LogP contribution >= 0.6 is 0 Å². The van der Waals surface area contributed by atoms with Crippen LogP contribution in [0.1, 0.15) is 10.4 Å². The van der Waals surface area contributed by atoms with Crippen molar-refractivity contribution >= 4 is 27.3 Å². The topological polar surface area (TPSA) is 70.2 Å². The molecule has 2 aromatic carbocycles. The SMILES string of the molecule is COc1ccc(N2CCN(C(=O)c3ccccc3N(C)S(C)(=O)=O)CC2)cc1. The molecule has 0 N–H and O–H groups in total. The fourth-order valence-corrected chi connectivity index (χ4v) is 3.76. The summed E-state index contributed by atoms with van der Waals surface area (Å²) in [6.45, 7) is 2.56. The van der Waals surface area contributed by atoms with Gasteiger partial charge in [-0.15, -0.1) is 0 Å². The van der Waals surface area contributed by atoms with E-state index >= 15 is 0 Å². The lowest BCUT2D eigenvalue weighted by molar-refractivity contribution is 0.0747. The van der Waals surface area contributed by atoms with E-state index in [4.69, 9.17) is 4.74 Å². The first-order valence-electron chi connectivity index (χ1n) is 9.02. The summed E-state index contributed by atoms with van der Waals surface area (Å²) in [6.07, 6.45) is 1.13. The number of methoxy groups -OCH3 is 1. The van der Waals surface area contributed by atoms with E-state index in [0.29, 0.717) is 37.4 Å². The minimum Gasteiger partial charge on any atom is -0.497 e.